The van der Waals surface area contributed by atoms with Crippen LogP contribution in [0.4, 0.5) is 10.1 Å². The van der Waals surface area contributed by atoms with Gasteiger partial charge in [0.25, 0.3) is 5.91 Å². The van der Waals surface area contributed by atoms with Crippen molar-refractivity contribution in [2.24, 2.45) is 0 Å². The summed E-state index contributed by atoms with van der Waals surface area (Å²) in [5.74, 6) is 0.846. The minimum atomic E-state index is -0.380. The number of rotatable bonds is 6. The third-order valence-electron chi connectivity index (χ3n) is 4.75. The molecular weight excluding hydrogens is 411 g/mol. The molecule has 9 heteroatoms. The van der Waals surface area contributed by atoms with Crippen LogP contribution in [0.3, 0.4) is 0 Å². The molecule has 0 atom stereocenters. The fourth-order valence-electron chi connectivity index (χ4n) is 3.17. The average molecular weight is 433 g/mol. The van der Waals surface area contributed by atoms with Crippen molar-refractivity contribution in [1.29, 1.82) is 0 Å². The van der Waals surface area contributed by atoms with E-state index in [-0.39, 0.29) is 36.4 Å². The second-order valence-corrected chi connectivity index (χ2v) is 6.72. The summed E-state index contributed by atoms with van der Waals surface area (Å²) in [5, 5.41) is 9.68. The highest BCUT2D eigenvalue weighted by molar-refractivity contribution is 6.04. The van der Waals surface area contributed by atoms with Crippen LogP contribution in [0.2, 0.25) is 0 Å². The van der Waals surface area contributed by atoms with Crippen molar-refractivity contribution in [3.63, 3.8) is 0 Å². The zero-order valence-corrected chi connectivity index (χ0v) is 17.2. The number of carbonyl (C=O) groups is 1. The molecule has 0 aliphatic carbocycles. The molecule has 2 aromatic carbocycles. The maximum atomic E-state index is 14.7. The zero-order chi connectivity index (χ0) is 20.2. The minimum absolute atomic E-state index is 0. The van der Waals surface area contributed by atoms with Gasteiger partial charge >= 0.3 is 0 Å². The van der Waals surface area contributed by atoms with E-state index >= 15 is 0 Å². The van der Waals surface area contributed by atoms with Crippen molar-refractivity contribution in [2.75, 3.05) is 11.9 Å². The Morgan fingerprint density at radius 3 is 2.80 bits per heavy atom. The Balaban J connectivity index is 0.00000256. The van der Waals surface area contributed by atoms with Crippen LogP contribution in [0, 0.1) is 5.82 Å². The van der Waals surface area contributed by atoms with E-state index in [4.69, 9.17) is 9.26 Å². The molecule has 0 saturated heterocycles. The maximum Gasteiger partial charge on any atom is 0.255 e. The molecule has 1 aliphatic heterocycles. The first-order valence-electron chi connectivity index (χ1n) is 9.50. The number of ether oxygens (including phenoxy) is 1. The number of aryl methyl sites for hydroxylation is 1. The standard InChI is InChI=1S/C21H21FN4O3.ClH/c1-2-19-25-18(26-29-19)12-28-15-6-3-13(4-7-15)21(27)24-17-8-5-14-11-23-10-9-16(14)20(17)22;/h3-8,23H,2,9-12H2,1H3,(H,24,27);1H. The van der Waals surface area contributed by atoms with E-state index in [0.29, 0.717) is 48.0 Å². The number of amides is 1. The van der Waals surface area contributed by atoms with Gasteiger partial charge < -0.3 is 19.9 Å². The van der Waals surface area contributed by atoms with Gasteiger partial charge in [0, 0.05) is 18.5 Å². The summed E-state index contributed by atoms with van der Waals surface area (Å²) in [7, 11) is 0. The molecular formula is C21H22ClFN4O3. The van der Waals surface area contributed by atoms with Crippen molar-refractivity contribution in [3.8, 4) is 5.75 Å². The molecule has 3 aromatic rings. The molecule has 2 N–H and O–H groups in total. The van der Waals surface area contributed by atoms with E-state index in [1.807, 2.05) is 13.0 Å². The molecule has 0 fully saturated rings. The van der Waals surface area contributed by atoms with Crippen LogP contribution in [-0.4, -0.2) is 22.6 Å². The van der Waals surface area contributed by atoms with Crippen LogP contribution in [0.1, 0.15) is 40.1 Å². The first kappa shape index (κ1) is 21.7. The lowest BCUT2D eigenvalue weighted by molar-refractivity contribution is 0.102. The largest absolute Gasteiger partial charge is 0.485 e. The summed E-state index contributed by atoms with van der Waals surface area (Å²) >= 11 is 0. The predicted octanol–water partition coefficient (Wildman–Crippen LogP) is 3.67. The van der Waals surface area contributed by atoms with Gasteiger partial charge in [0.15, 0.2) is 6.61 Å². The van der Waals surface area contributed by atoms with Gasteiger partial charge in [-0.1, -0.05) is 18.1 Å². The average Bonchev–Trinajstić information content (AvgIpc) is 3.23. The molecule has 4 rings (SSSR count). The van der Waals surface area contributed by atoms with Gasteiger partial charge in [-0.2, -0.15) is 4.98 Å². The van der Waals surface area contributed by atoms with Crippen LogP contribution in [0.5, 0.6) is 5.75 Å². The molecule has 1 aromatic heterocycles. The molecule has 1 amide bonds. The highest BCUT2D eigenvalue weighted by Gasteiger charge is 2.18. The van der Waals surface area contributed by atoms with Gasteiger partial charge in [-0.05, 0) is 54.4 Å². The maximum absolute atomic E-state index is 14.7. The molecule has 0 radical (unpaired) electrons. The fraction of sp³-hybridized carbons (Fsp3) is 0.286. The Labute approximate surface area is 179 Å². The Kier molecular flexibility index (Phi) is 7.02. The number of anilines is 1. The molecule has 0 saturated carbocycles. The van der Waals surface area contributed by atoms with Crippen molar-refractivity contribution >= 4 is 24.0 Å². The number of benzene rings is 2. The number of halogens is 2. The van der Waals surface area contributed by atoms with Gasteiger partial charge in [0.05, 0.1) is 5.69 Å². The number of hydrogen-bond donors (Lipinski definition) is 2. The van der Waals surface area contributed by atoms with Crippen LogP contribution in [0.15, 0.2) is 40.9 Å². The summed E-state index contributed by atoms with van der Waals surface area (Å²) in [5.41, 5.74) is 2.20. The van der Waals surface area contributed by atoms with Crippen LogP contribution >= 0.6 is 12.4 Å². The normalized spacial score (nSPS) is 12.6. The molecule has 7 nitrogen and oxygen atoms in total. The zero-order valence-electron chi connectivity index (χ0n) is 16.4. The van der Waals surface area contributed by atoms with Gasteiger partial charge in [0.1, 0.15) is 11.6 Å². The third kappa shape index (κ3) is 4.77. The summed E-state index contributed by atoms with van der Waals surface area (Å²) in [6.07, 6.45) is 1.27. The van der Waals surface area contributed by atoms with Gasteiger partial charge in [-0.15, -0.1) is 12.4 Å². The predicted molar refractivity (Wildman–Crippen MR) is 111 cm³/mol. The minimum Gasteiger partial charge on any atom is -0.485 e. The van der Waals surface area contributed by atoms with Gasteiger partial charge in [-0.3, -0.25) is 4.79 Å². The van der Waals surface area contributed by atoms with Crippen LogP contribution < -0.4 is 15.4 Å². The highest BCUT2D eigenvalue weighted by Crippen LogP contribution is 2.25. The molecule has 30 heavy (non-hydrogen) atoms. The smallest absolute Gasteiger partial charge is 0.255 e. The van der Waals surface area contributed by atoms with Crippen molar-refractivity contribution < 1.29 is 18.4 Å². The van der Waals surface area contributed by atoms with Crippen LogP contribution in [0.25, 0.3) is 0 Å². The van der Waals surface area contributed by atoms with E-state index < -0.39 is 0 Å². The molecule has 0 bridgehead atoms. The van der Waals surface area contributed by atoms with Crippen molar-refractivity contribution in [1.82, 2.24) is 15.5 Å². The number of fused-ring (bicyclic) bond motifs is 1. The second kappa shape index (κ2) is 9.69. The molecule has 0 unspecified atom stereocenters. The molecule has 0 spiro atoms. The van der Waals surface area contributed by atoms with E-state index in [9.17, 15) is 9.18 Å². The van der Waals surface area contributed by atoms with Crippen LogP contribution in [-0.2, 0) is 26.0 Å². The van der Waals surface area contributed by atoms with Gasteiger partial charge in [0.2, 0.25) is 11.7 Å². The third-order valence-corrected chi connectivity index (χ3v) is 4.75. The summed E-state index contributed by atoms with van der Waals surface area (Å²) in [4.78, 5) is 16.7. The lowest BCUT2D eigenvalue weighted by Gasteiger charge is -2.19. The first-order valence-corrected chi connectivity index (χ1v) is 9.50. The van der Waals surface area contributed by atoms with E-state index in [0.717, 1.165) is 12.1 Å². The SMILES string of the molecule is CCc1nc(COc2ccc(C(=O)Nc3ccc4c(c3F)CCNC4)cc2)no1.Cl. The number of hydrogen-bond acceptors (Lipinski definition) is 6. The Bertz CT molecular complexity index is 1020. The number of nitrogens with zero attached hydrogens (tertiary/aromatic N) is 2. The van der Waals surface area contributed by atoms with E-state index in [1.165, 1.54) is 0 Å². The highest BCUT2D eigenvalue weighted by atomic mass is 35.5. The summed E-state index contributed by atoms with van der Waals surface area (Å²) in [6, 6.07) is 10.0. The molecule has 1 aliphatic rings. The number of nitrogens with one attached hydrogen (secondary N) is 2. The monoisotopic (exact) mass is 432 g/mol. The molecule has 2 heterocycles. The summed E-state index contributed by atoms with van der Waals surface area (Å²) in [6.45, 7) is 3.47. The topological polar surface area (TPSA) is 89.3 Å². The Morgan fingerprint density at radius 2 is 2.07 bits per heavy atom. The lowest BCUT2D eigenvalue weighted by atomic mass is 9.99. The quantitative estimate of drug-likeness (QED) is 0.617. The molecule has 158 valence electrons. The number of aromatic nitrogens is 2. The number of carbonyl (C=O) groups excluding carboxylic acids is 1. The Hall–Kier alpha value is -2.97. The summed E-state index contributed by atoms with van der Waals surface area (Å²) < 4.78 is 25.3. The first-order chi connectivity index (χ1) is 14.1. The Morgan fingerprint density at radius 1 is 1.27 bits per heavy atom. The van der Waals surface area contributed by atoms with E-state index in [1.54, 1.807) is 30.3 Å². The van der Waals surface area contributed by atoms with Crippen molar-refractivity contribution in [3.05, 3.63) is 70.6 Å². The van der Waals surface area contributed by atoms with Gasteiger partial charge in [-0.25, -0.2) is 4.39 Å². The fourth-order valence-corrected chi connectivity index (χ4v) is 3.17. The van der Waals surface area contributed by atoms with E-state index in [2.05, 4.69) is 20.8 Å². The second-order valence-electron chi connectivity index (χ2n) is 6.72. The van der Waals surface area contributed by atoms with Crippen molar-refractivity contribution in [2.45, 2.75) is 32.9 Å². The lowest BCUT2D eigenvalue weighted by Crippen LogP contribution is -2.25.